The smallest absolute Gasteiger partial charge is 0.0530 e. The van der Waals surface area contributed by atoms with E-state index in [-0.39, 0.29) is 14.9 Å². The molecule has 0 saturated carbocycles. The van der Waals surface area contributed by atoms with E-state index < -0.39 is 0 Å². The summed E-state index contributed by atoms with van der Waals surface area (Å²) in [6, 6.07) is 0. The molecule has 0 amide bonds. The van der Waals surface area contributed by atoms with Crippen LogP contribution >= 0.6 is 0 Å². The summed E-state index contributed by atoms with van der Waals surface area (Å²) in [7, 11) is 4.24. The zero-order valence-corrected chi connectivity index (χ0v) is 26.8. The molecule has 1 heterocycles. The average molecular weight is 531 g/mol. The summed E-state index contributed by atoms with van der Waals surface area (Å²) < 4.78 is 0. The molecule has 1 aliphatic heterocycles. The van der Waals surface area contributed by atoms with Gasteiger partial charge in [-0.05, 0) is 42.3 Å². The number of hydrogen-bond donors (Lipinski definition) is 1. The van der Waals surface area contributed by atoms with E-state index in [1.807, 2.05) is 7.05 Å². The Kier molecular flexibility index (Phi) is 19.5. The highest BCUT2D eigenvalue weighted by atomic mass is 15.5. The van der Waals surface area contributed by atoms with Crippen molar-refractivity contribution in [1.29, 1.82) is 0 Å². The highest BCUT2D eigenvalue weighted by Crippen LogP contribution is 2.21. The third-order valence-corrected chi connectivity index (χ3v) is 5.30. The van der Waals surface area contributed by atoms with Crippen molar-refractivity contribution in [2.24, 2.45) is 21.7 Å². The van der Waals surface area contributed by atoms with Crippen molar-refractivity contribution in [2.75, 3.05) is 80.2 Å². The minimum absolute atomic E-state index is 0. The molecular formula is C31H74N6. The molecule has 0 unspecified atom stereocenters. The van der Waals surface area contributed by atoms with Crippen LogP contribution in [-0.2, 0) is 0 Å². The molecule has 0 spiro atoms. The van der Waals surface area contributed by atoms with E-state index in [2.05, 4.69) is 127 Å². The van der Waals surface area contributed by atoms with Crippen molar-refractivity contribution in [1.82, 2.24) is 29.8 Å². The second kappa shape index (κ2) is 17.5. The van der Waals surface area contributed by atoms with E-state index in [0.717, 1.165) is 66.1 Å². The lowest BCUT2D eigenvalue weighted by atomic mass is 9.95. The molecule has 37 heavy (non-hydrogen) atoms. The normalized spacial score (nSPS) is 16.8. The van der Waals surface area contributed by atoms with Crippen molar-refractivity contribution in [3.8, 4) is 0 Å². The van der Waals surface area contributed by atoms with Gasteiger partial charge in [0.2, 0.25) is 0 Å². The predicted octanol–water partition coefficient (Wildman–Crippen LogP) is 6.61. The van der Waals surface area contributed by atoms with Gasteiger partial charge in [0.15, 0.2) is 0 Å². The van der Waals surface area contributed by atoms with Gasteiger partial charge in [0.25, 0.3) is 0 Å². The maximum absolute atomic E-state index is 3.28. The fourth-order valence-electron chi connectivity index (χ4n) is 4.91. The highest BCUT2D eigenvalue weighted by Gasteiger charge is 2.27. The topological polar surface area (TPSA) is 28.2 Å². The van der Waals surface area contributed by atoms with Crippen LogP contribution in [0.3, 0.4) is 0 Å². The SMILES string of the molecule is C.C.CCN(CN(CNC)CC(C)(C)C)CC(C)(C)C.CN1CN(CC(C)(C)C)CN(CC(C)(C)C)C1. The summed E-state index contributed by atoms with van der Waals surface area (Å²) in [6.45, 7) is 41.0. The van der Waals surface area contributed by atoms with Gasteiger partial charge in [-0.15, -0.1) is 0 Å². The Hall–Kier alpha value is -0.240. The van der Waals surface area contributed by atoms with Gasteiger partial charge < -0.3 is 5.32 Å². The van der Waals surface area contributed by atoms with Crippen LogP contribution in [0.2, 0.25) is 0 Å². The fourth-order valence-corrected chi connectivity index (χ4v) is 4.91. The van der Waals surface area contributed by atoms with Gasteiger partial charge in [-0.25, -0.2) is 0 Å². The van der Waals surface area contributed by atoms with Gasteiger partial charge >= 0.3 is 0 Å². The molecule has 0 aliphatic carbocycles. The lowest BCUT2D eigenvalue weighted by molar-refractivity contribution is -0.0420. The van der Waals surface area contributed by atoms with Crippen LogP contribution in [-0.4, -0.2) is 105 Å². The third kappa shape index (κ3) is 24.5. The molecular weight excluding hydrogens is 456 g/mol. The van der Waals surface area contributed by atoms with Gasteiger partial charge in [0.1, 0.15) is 0 Å². The lowest BCUT2D eigenvalue weighted by Gasteiger charge is -2.44. The monoisotopic (exact) mass is 531 g/mol. The predicted molar refractivity (Wildman–Crippen MR) is 170 cm³/mol. The van der Waals surface area contributed by atoms with Crippen molar-refractivity contribution in [3.05, 3.63) is 0 Å². The highest BCUT2D eigenvalue weighted by molar-refractivity contribution is 4.76. The van der Waals surface area contributed by atoms with Crippen LogP contribution in [0, 0.1) is 21.7 Å². The molecule has 1 fully saturated rings. The summed E-state index contributed by atoms with van der Waals surface area (Å²) in [5.41, 5.74) is 1.47. The van der Waals surface area contributed by atoms with E-state index in [1.54, 1.807) is 0 Å². The quantitative estimate of drug-likeness (QED) is 0.337. The molecule has 0 aromatic heterocycles. The van der Waals surface area contributed by atoms with Crippen molar-refractivity contribution in [2.45, 2.75) is 105 Å². The second-order valence-corrected chi connectivity index (χ2v) is 15.8. The van der Waals surface area contributed by atoms with Gasteiger partial charge in [0.05, 0.1) is 26.7 Å². The van der Waals surface area contributed by atoms with Crippen molar-refractivity contribution in [3.63, 3.8) is 0 Å². The molecule has 1 saturated heterocycles. The minimum atomic E-state index is 0. The van der Waals surface area contributed by atoms with Crippen LogP contribution in [0.4, 0.5) is 0 Å². The van der Waals surface area contributed by atoms with Crippen LogP contribution < -0.4 is 5.32 Å². The molecule has 0 aromatic rings. The summed E-state index contributed by atoms with van der Waals surface area (Å²) in [5, 5.41) is 3.28. The number of nitrogens with one attached hydrogen (secondary N) is 1. The summed E-state index contributed by atoms with van der Waals surface area (Å²) in [5.74, 6) is 0. The first-order chi connectivity index (χ1) is 15.6. The summed E-state index contributed by atoms with van der Waals surface area (Å²) in [4.78, 5) is 12.5. The Morgan fingerprint density at radius 2 is 1.00 bits per heavy atom. The van der Waals surface area contributed by atoms with Gasteiger partial charge in [-0.1, -0.05) is 105 Å². The Balaban J connectivity index is -0.000000593. The number of nitrogens with zero attached hydrogens (tertiary/aromatic N) is 5. The zero-order chi connectivity index (χ0) is 27.7. The largest absolute Gasteiger partial charge is 0.307 e. The second-order valence-electron chi connectivity index (χ2n) is 15.8. The molecule has 0 radical (unpaired) electrons. The molecule has 228 valence electrons. The molecule has 6 heteroatoms. The Morgan fingerprint density at radius 3 is 1.30 bits per heavy atom. The standard InChI is InChI=1S/C15H35N3.C14H31N3.2CH4/c1-9-17(10-14(2,3)4)13-18(12-16-8)11-15(5,6)7;1-13(2,3)8-16-10-15(7)11-17(12-16)9-14(4,5)6;;/h16H,9-13H2,1-8H3;8-12H2,1-7H3;2*1H4. The van der Waals surface area contributed by atoms with E-state index in [1.165, 1.54) is 0 Å². The Morgan fingerprint density at radius 1 is 0.622 bits per heavy atom. The molecule has 0 aromatic carbocycles. The van der Waals surface area contributed by atoms with Crippen LogP contribution in [0.15, 0.2) is 0 Å². The van der Waals surface area contributed by atoms with E-state index in [4.69, 9.17) is 0 Å². The maximum Gasteiger partial charge on any atom is 0.0530 e. The summed E-state index contributed by atoms with van der Waals surface area (Å²) >= 11 is 0. The van der Waals surface area contributed by atoms with E-state index in [9.17, 15) is 0 Å². The van der Waals surface area contributed by atoms with Crippen molar-refractivity contribution >= 4 is 0 Å². The molecule has 0 atom stereocenters. The average Bonchev–Trinajstić information content (AvgIpc) is 2.55. The van der Waals surface area contributed by atoms with E-state index in [0.29, 0.717) is 21.7 Å². The van der Waals surface area contributed by atoms with Gasteiger partial charge in [-0.3, -0.25) is 24.5 Å². The third-order valence-electron chi connectivity index (χ3n) is 5.30. The first kappa shape index (κ1) is 41.2. The molecule has 1 aliphatic rings. The van der Waals surface area contributed by atoms with Crippen LogP contribution in [0.1, 0.15) is 105 Å². The molecule has 1 rings (SSSR count). The van der Waals surface area contributed by atoms with Crippen LogP contribution in [0.5, 0.6) is 0 Å². The van der Waals surface area contributed by atoms with Crippen molar-refractivity contribution < 1.29 is 0 Å². The van der Waals surface area contributed by atoms with Crippen LogP contribution in [0.25, 0.3) is 0 Å². The maximum atomic E-state index is 3.28. The number of hydrogen-bond acceptors (Lipinski definition) is 6. The molecule has 0 bridgehead atoms. The lowest BCUT2D eigenvalue weighted by Crippen LogP contribution is -2.56. The summed E-state index contributed by atoms with van der Waals surface area (Å²) in [6.07, 6.45) is 0. The minimum Gasteiger partial charge on any atom is -0.307 e. The number of rotatable bonds is 9. The fraction of sp³-hybridized carbons (Fsp3) is 1.00. The van der Waals surface area contributed by atoms with Gasteiger partial charge in [-0.2, -0.15) is 0 Å². The van der Waals surface area contributed by atoms with Gasteiger partial charge in [0, 0.05) is 32.8 Å². The molecule has 6 nitrogen and oxygen atoms in total. The Labute approximate surface area is 236 Å². The zero-order valence-electron chi connectivity index (χ0n) is 26.8. The van der Waals surface area contributed by atoms with E-state index >= 15 is 0 Å². The first-order valence-electron chi connectivity index (χ1n) is 13.8. The first-order valence-corrected chi connectivity index (χ1v) is 13.8. The molecule has 1 N–H and O–H groups in total. The Bertz CT molecular complexity index is 526.